The Labute approximate surface area is 294 Å². The number of H-pyrrole nitrogens is 1. The van der Waals surface area contributed by atoms with Gasteiger partial charge < -0.3 is 30.6 Å². The zero-order chi connectivity index (χ0) is 36.0. The summed E-state index contributed by atoms with van der Waals surface area (Å²) in [7, 11) is 0. The van der Waals surface area contributed by atoms with E-state index in [0.717, 1.165) is 5.56 Å². The van der Waals surface area contributed by atoms with Crippen LogP contribution in [0.2, 0.25) is 0 Å². The van der Waals surface area contributed by atoms with Crippen LogP contribution in [0.25, 0.3) is 17.1 Å². The number of aromatic nitrogens is 3. The summed E-state index contributed by atoms with van der Waals surface area (Å²) < 4.78 is 1.39. The number of hydrogen-bond donors (Lipinski definition) is 5. The number of aromatic hydroxyl groups is 2. The van der Waals surface area contributed by atoms with Crippen molar-refractivity contribution in [3.63, 3.8) is 0 Å². The van der Waals surface area contributed by atoms with Gasteiger partial charge in [-0.3, -0.25) is 14.5 Å². The average molecular weight is 693 g/mol. The molecule has 14 nitrogen and oxygen atoms in total. The van der Waals surface area contributed by atoms with Gasteiger partial charge in [-0.2, -0.15) is 5.10 Å². The van der Waals surface area contributed by atoms with E-state index in [-0.39, 0.29) is 47.6 Å². The van der Waals surface area contributed by atoms with E-state index in [1.54, 1.807) is 34.1 Å². The fourth-order valence-electron chi connectivity index (χ4n) is 7.05. The Morgan fingerprint density at radius 3 is 2.45 bits per heavy atom. The molecule has 0 saturated carbocycles. The van der Waals surface area contributed by atoms with Crippen molar-refractivity contribution in [2.45, 2.75) is 51.7 Å². The zero-order valence-corrected chi connectivity index (χ0v) is 28.5. The van der Waals surface area contributed by atoms with Crippen molar-refractivity contribution >= 4 is 23.5 Å². The van der Waals surface area contributed by atoms with E-state index in [4.69, 9.17) is 0 Å². The lowest BCUT2D eigenvalue weighted by molar-refractivity contribution is -0.126. The van der Waals surface area contributed by atoms with Crippen molar-refractivity contribution in [3.8, 4) is 28.6 Å². The second kappa shape index (κ2) is 13.4. The second-order valence-corrected chi connectivity index (χ2v) is 13.5. The van der Waals surface area contributed by atoms with Crippen LogP contribution < -0.4 is 16.3 Å². The third-order valence-corrected chi connectivity index (χ3v) is 9.88. The number of carbonyl (C=O) groups excluding carboxylic acids is 3. The summed E-state index contributed by atoms with van der Waals surface area (Å²) in [6, 6.07) is 14.9. The zero-order valence-electron chi connectivity index (χ0n) is 28.5. The smallest absolute Gasteiger partial charge is 0.348 e. The minimum absolute atomic E-state index is 0.0122. The maximum absolute atomic E-state index is 13.3. The number of phenols is 2. The number of anilines is 1. The van der Waals surface area contributed by atoms with Crippen molar-refractivity contribution < 1.29 is 24.6 Å². The number of aromatic amines is 1. The van der Waals surface area contributed by atoms with Crippen molar-refractivity contribution in [2.75, 3.05) is 31.5 Å². The van der Waals surface area contributed by atoms with Gasteiger partial charge >= 0.3 is 11.7 Å². The Balaban J connectivity index is 0.968. The number of rotatable bonds is 7. The third kappa shape index (κ3) is 6.45. The highest BCUT2D eigenvalue weighted by Crippen LogP contribution is 2.37. The first-order valence-corrected chi connectivity index (χ1v) is 17.0. The van der Waals surface area contributed by atoms with E-state index in [9.17, 15) is 29.4 Å². The maximum atomic E-state index is 13.3. The largest absolute Gasteiger partial charge is 0.508 e. The van der Waals surface area contributed by atoms with Gasteiger partial charge in [0.15, 0.2) is 5.82 Å². The van der Waals surface area contributed by atoms with Crippen LogP contribution in [0.3, 0.4) is 0 Å². The van der Waals surface area contributed by atoms with Gasteiger partial charge in [-0.05, 0) is 60.2 Å². The number of urea groups is 1. The first-order chi connectivity index (χ1) is 24.5. The lowest BCUT2D eigenvalue weighted by Gasteiger charge is -2.35. The maximum Gasteiger partial charge on any atom is 0.348 e. The van der Waals surface area contributed by atoms with Gasteiger partial charge in [-0.1, -0.05) is 38.6 Å². The molecule has 3 aromatic carbocycles. The third-order valence-electron chi connectivity index (χ3n) is 9.88. The van der Waals surface area contributed by atoms with Gasteiger partial charge in [-0.25, -0.2) is 19.3 Å². The first-order valence-electron chi connectivity index (χ1n) is 17.0. The summed E-state index contributed by atoms with van der Waals surface area (Å²) in [4.78, 5) is 57.6. The van der Waals surface area contributed by atoms with Crippen LogP contribution in [0.15, 0.2) is 71.7 Å². The fourth-order valence-corrected chi connectivity index (χ4v) is 7.05. The number of fused-ring (bicyclic) bond motifs is 1. The number of phenolic OH excluding ortho intramolecular Hbond substituents is 2. The number of allylic oxidation sites excluding steroid dienone is 1. The molecule has 7 rings (SSSR count). The number of carbonyl (C=O) groups is 3. The molecule has 5 N–H and O–H groups in total. The minimum Gasteiger partial charge on any atom is -0.508 e. The monoisotopic (exact) mass is 692 g/mol. The highest BCUT2D eigenvalue weighted by Gasteiger charge is 2.39. The van der Waals surface area contributed by atoms with E-state index in [1.807, 2.05) is 38.1 Å². The van der Waals surface area contributed by atoms with Crippen LogP contribution in [-0.4, -0.2) is 89.7 Å². The lowest BCUT2D eigenvalue weighted by atomic mass is 9.98. The topological polar surface area (TPSA) is 176 Å². The second-order valence-electron chi connectivity index (χ2n) is 13.5. The number of hydrogen-bond acceptors (Lipinski definition) is 8. The number of nitrogens with zero attached hydrogens (tertiary/aromatic N) is 5. The predicted octanol–water partition coefficient (Wildman–Crippen LogP) is 3.86. The highest BCUT2D eigenvalue weighted by molar-refractivity contribution is 6.04. The minimum atomic E-state index is -0.577. The summed E-state index contributed by atoms with van der Waals surface area (Å²) in [6.07, 6.45) is 1.12. The van der Waals surface area contributed by atoms with Crippen molar-refractivity contribution in [2.24, 2.45) is 0 Å². The molecule has 1 unspecified atom stereocenters. The van der Waals surface area contributed by atoms with Crippen LogP contribution in [-0.2, 0) is 17.9 Å². The SMILES string of the molecule is C=C1CCC(N2Cc3c(NC(=O)N4CCN(Cc5ccc(-n6c(-c7cc(C(C)C)c(O)cc7O)n[nH]c6=O)cc5)CC4)cccc3C2=O)C(=O)N1. The molecule has 4 amide bonds. The molecule has 51 heavy (non-hydrogen) atoms. The Kier molecular flexibility index (Phi) is 8.85. The summed E-state index contributed by atoms with van der Waals surface area (Å²) >= 11 is 0. The molecule has 0 aliphatic carbocycles. The molecule has 3 aliphatic rings. The molecule has 4 aromatic rings. The number of nitrogens with one attached hydrogen (secondary N) is 3. The van der Waals surface area contributed by atoms with Crippen LogP contribution >= 0.6 is 0 Å². The van der Waals surface area contributed by atoms with Gasteiger partial charge in [0.05, 0.1) is 11.3 Å². The van der Waals surface area contributed by atoms with Crippen LogP contribution in [0, 0.1) is 0 Å². The fraction of sp³-hybridized carbons (Fsp3) is 0.324. The van der Waals surface area contributed by atoms with E-state index in [0.29, 0.717) is 84.9 Å². The molecule has 0 spiro atoms. The van der Waals surface area contributed by atoms with E-state index in [1.165, 1.54) is 10.6 Å². The van der Waals surface area contributed by atoms with Crippen LogP contribution in [0.5, 0.6) is 11.5 Å². The van der Waals surface area contributed by atoms with Gasteiger partial charge in [0.25, 0.3) is 5.91 Å². The van der Waals surface area contributed by atoms with Gasteiger partial charge in [0.1, 0.15) is 17.5 Å². The van der Waals surface area contributed by atoms with Gasteiger partial charge in [0, 0.05) is 67.8 Å². The summed E-state index contributed by atoms with van der Waals surface area (Å²) in [6.45, 7) is 10.9. The van der Waals surface area contributed by atoms with Gasteiger partial charge in [-0.15, -0.1) is 0 Å². The molecule has 2 saturated heterocycles. The molecule has 4 heterocycles. The van der Waals surface area contributed by atoms with E-state index >= 15 is 0 Å². The van der Waals surface area contributed by atoms with Gasteiger partial charge in [0.2, 0.25) is 5.91 Å². The number of piperazine rings is 1. The number of amides is 4. The Bertz CT molecular complexity index is 2090. The summed E-state index contributed by atoms with van der Waals surface area (Å²) in [5.41, 5.74) is 4.51. The molecule has 1 atom stereocenters. The molecule has 14 heteroatoms. The Morgan fingerprint density at radius 2 is 1.75 bits per heavy atom. The molecule has 264 valence electrons. The van der Waals surface area contributed by atoms with Crippen molar-refractivity contribution in [1.29, 1.82) is 0 Å². The normalized spacial score (nSPS) is 17.9. The Hall–Kier alpha value is -5.89. The predicted molar refractivity (Wildman–Crippen MR) is 190 cm³/mol. The molecular formula is C37H40N8O6. The van der Waals surface area contributed by atoms with Crippen LogP contribution in [0.1, 0.15) is 59.7 Å². The first kappa shape index (κ1) is 33.6. The highest BCUT2D eigenvalue weighted by atomic mass is 16.3. The van der Waals surface area contributed by atoms with E-state index < -0.39 is 11.7 Å². The average Bonchev–Trinajstić information content (AvgIpc) is 3.65. The number of benzene rings is 3. The van der Waals surface area contributed by atoms with Crippen molar-refractivity contribution in [3.05, 3.63) is 99.6 Å². The molecule has 2 fully saturated rings. The quantitative estimate of drug-likeness (QED) is 0.194. The standard InChI is InChI=1S/C37H40N8O6/c1-21(2)26-17-27(32(47)18-31(26)46)33-40-41-37(51)45(33)24-10-8-23(9-11-24)19-42-13-15-43(16-14-42)36(50)39-29-6-4-5-25-28(29)20-44(35(25)49)30-12-7-22(3)38-34(30)48/h4-6,8-11,17-18,21,30,46-47H,3,7,12-16,19-20H2,1-2H3,(H,38,48)(H,39,50)(H,41,51). The molecular weight excluding hydrogens is 652 g/mol. The van der Waals surface area contributed by atoms with Crippen molar-refractivity contribution in [1.82, 2.24) is 34.8 Å². The Morgan fingerprint density at radius 1 is 1.00 bits per heavy atom. The molecule has 0 radical (unpaired) electrons. The summed E-state index contributed by atoms with van der Waals surface area (Å²) in [5, 5.41) is 33.3. The molecule has 3 aliphatic heterocycles. The molecule has 0 bridgehead atoms. The molecule has 1 aromatic heterocycles. The number of piperidine rings is 1. The van der Waals surface area contributed by atoms with E-state index in [2.05, 4.69) is 32.3 Å². The lowest BCUT2D eigenvalue weighted by Crippen LogP contribution is -2.49. The van der Waals surface area contributed by atoms with Crippen LogP contribution in [0.4, 0.5) is 10.5 Å². The summed E-state index contributed by atoms with van der Waals surface area (Å²) in [5.74, 6) is -0.444.